The maximum absolute atomic E-state index is 13.8. The van der Waals surface area contributed by atoms with Gasteiger partial charge in [-0.1, -0.05) is 36.5 Å². The normalized spacial score (nSPS) is 12.9. The van der Waals surface area contributed by atoms with Gasteiger partial charge in [0.25, 0.3) is 15.8 Å². The number of aryl methyl sites for hydroxylation is 1. The summed E-state index contributed by atoms with van der Waals surface area (Å²) in [6.07, 6.45) is 1.41. The fourth-order valence-electron chi connectivity index (χ4n) is 4.22. The van der Waals surface area contributed by atoms with E-state index in [-0.39, 0.29) is 38.5 Å². The molecule has 1 aromatic heterocycles. The van der Waals surface area contributed by atoms with Crippen LogP contribution in [0.15, 0.2) is 35.2 Å². The van der Waals surface area contributed by atoms with Crippen molar-refractivity contribution in [1.29, 1.82) is 0 Å². The summed E-state index contributed by atoms with van der Waals surface area (Å²) in [4.78, 5) is 38.1. The van der Waals surface area contributed by atoms with E-state index >= 15 is 0 Å². The molecule has 0 fully saturated rings. The number of Topliss-reactive ketones (excluding diaryl/α,β-unsaturated/α-hetero) is 2. The predicted molar refractivity (Wildman–Crippen MR) is 138 cm³/mol. The summed E-state index contributed by atoms with van der Waals surface area (Å²) >= 11 is 12.1. The van der Waals surface area contributed by atoms with Gasteiger partial charge >= 0.3 is 5.97 Å². The monoisotopic (exact) mass is 551 g/mol. The van der Waals surface area contributed by atoms with Crippen molar-refractivity contribution >= 4 is 73.0 Å². The Labute approximate surface area is 218 Å². The Morgan fingerprint density at radius 2 is 1.75 bits per heavy atom. The van der Waals surface area contributed by atoms with Crippen LogP contribution in [0.3, 0.4) is 0 Å². The smallest absolute Gasteiger partial charge is 0.326 e. The zero-order valence-electron chi connectivity index (χ0n) is 19.7. The zero-order chi connectivity index (χ0) is 26.4. The second-order valence-corrected chi connectivity index (χ2v) is 11.0. The van der Waals surface area contributed by atoms with E-state index < -0.39 is 34.1 Å². The zero-order valence-corrected chi connectivity index (χ0v) is 22.1. The molecule has 2 aromatic carbocycles. The van der Waals surface area contributed by atoms with Crippen LogP contribution in [0.1, 0.15) is 40.6 Å². The Bertz CT molecular complexity index is 1510. The summed E-state index contributed by atoms with van der Waals surface area (Å²) in [5.41, 5.74) is 1.16. The third kappa shape index (κ3) is 4.33. The van der Waals surface area contributed by atoms with E-state index in [1.165, 1.54) is 34.9 Å². The molecule has 4 rings (SSSR count). The summed E-state index contributed by atoms with van der Waals surface area (Å²) in [5, 5.41) is 3.63. The fraction of sp³-hybridized carbons (Fsp3) is 0.292. The van der Waals surface area contributed by atoms with Crippen molar-refractivity contribution in [3.05, 3.63) is 51.6 Å². The number of benzene rings is 2. The van der Waals surface area contributed by atoms with Crippen LogP contribution >= 0.6 is 23.2 Å². The first-order chi connectivity index (χ1) is 17.0. The molecule has 12 heteroatoms. The number of carbonyl (C=O) groups is 3. The largest absolute Gasteiger partial charge is 0.464 e. The number of sulfonamides is 1. The minimum Gasteiger partial charge on any atom is -0.464 e. The molecule has 1 aliphatic carbocycles. The van der Waals surface area contributed by atoms with Gasteiger partial charge in [-0.3, -0.25) is 18.7 Å². The molecule has 190 valence electrons. The molecule has 3 aromatic rings. The van der Waals surface area contributed by atoms with Crippen molar-refractivity contribution in [2.45, 2.75) is 24.7 Å². The summed E-state index contributed by atoms with van der Waals surface area (Å²) in [7, 11) is -1.16. The van der Waals surface area contributed by atoms with Gasteiger partial charge in [-0.2, -0.15) is 0 Å². The molecule has 0 spiro atoms. The maximum Gasteiger partial charge on any atom is 0.326 e. The number of aromatic nitrogens is 1. The summed E-state index contributed by atoms with van der Waals surface area (Å²) in [6.45, 7) is 1.40. The molecule has 1 aliphatic rings. The number of nitrogens with one attached hydrogen (secondary N) is 1. The number of unbranched alkanes of at least 4 members (excludes halogenated alkanes) is 1. The molecular formula is C24H23Cl2N3O6S. The van der Waals surface area contributed by atoms with Gasteiger partial charge in [-0.05, 0) is 36.8 Å². The van der Waals surface area contributed by atoms with E-state index in [0.29, 0.717) is 23.0 Å². The van der Waals surface area contributed by atoms with Crippen LogP contribution in [0, 0.1) is 0 Å². The maximum atomic E-state index is 13.8. The third-order valence-electron chi connectivity index (χ3n) is 5.95. The molecule has 0 saturated carbocycles. The standard InChI is InChI=1S/C24H23Cl2N3O6S/c1-4-5-6-35-19(30)12-29(36(33,34)16-8-13(25)7-14(26)9-16)15-10-17-20-18(11-15)28(3)22(21(20)27-2)24(32)23(17)31/h7-11,27H,4-6,12H2,1-3H3. The first-order valence-electron chi connectivity index (χ1n) is 11.1. The van der Waals surface area contributed by atoms with Crippen LogP contribution in [0.5, 0.6) is 0 Å². The average Bonchev–Trinajstić information content (AvgIpc) is 3.09. The van der Waals surface area contributed by atoms with Gasteiger partial charge in [0, 0.05) is 35.1 Å². The fourth-order valence-corrected chi connectivity index (χ4v) is 6.34. The second-order valence-electron chi connectivity index (χ2n) is 8.27. The van der Waals surface area contributed by atoms with Crippen molar-refractivity contribution in [3.8, 4) is 0 Å². The van der Waals surface area contributed by atoms with Crippen LogP contribution < -0.4 is 9.62 Å². The van der Waals surface area contributed by atoms with Crippen molar-refractivity contribution in [2.24, 2.45) is 7.05 Å². The first-order valence-corrected chi connectivity index (χ1v) is 13.3. The highest BCUT2D eigenvalue weighted by atomic mass is 35.5. The van der Waals surface area contributed by atoms with E-state index in [9.17, 15) is 22.8 Å². The molecule has 0 aliphatic heterocycles. The third-order valence-corrected chi connectivity index (χ3v) is 8.14. The van der Waals surface area contributed by atoms with Crippen LogP contribution in [-0.4, -0.2) is 50.7 Å². The topological polar surface area (TPSA) is 115 Å². The van der Waals surface area contributed by atoms with Gasteiger partial charge in [-0.15, -0.1) is 0 Å². The van der Waals surface area contributed by atoms with Gasteiger partial charge < -0.3 is 14.6 Å². The first kappa shape index (κ1) is 26.0. The Morgan fingerprint density at radius 3 is 2.36 bits per heavy atom. The lowest BCUT2D eigenvalue weighted by atomic mass is 9.95. The van der Waals surface area contributed by atoms with Gasteiger partial charge in [0.05, 0.1) is 28.4 Å². The summed E-state index contributed by atoms with van der Waals surface area (Å²) < 4.78 is 35.1. The molecule has 0 amide bonds. The van der Waals surface area contributed by atoms with E-state index in [1.807, 2.05) is 6.92 Å². The Balaban J connectivity index is 1.91. The Morgan fingerprint density at radius 1 is 1.08 bits per heavy atom. The Kier molecular flexibility index (Phi) is 7.05. The quantitative estimate of drug-likeness (QED) is 0.237. The summed E-state index contributed by atoms with van der Waals surface area (Å²) in [5.74, 6) is -2.25. The van der Waals surface area contributed by atoms with Gasteiger partial charge in [0.1, 0.15) is 12.2 Å². The number of nitrogens with zero attached hydrogens (tertiary/aromatic N) is 2. The van der Waals surface area contributed by atoms with Crippen molar-refractivity contribution in [1.82, 2.24) is 4.57 Å². The van der Waals surface area contributed by atoms with Gasteiger partial charge in [0.15, 0.2) is 0 Å². The minimum absolute atomic E-state index is 0.0129. The predicted octanol–water partition coefficient (Wildman–Crippen LogP) is 4.44. The van der Waals surface area contributed by atoms with Gasteiger partial charge in [-0.25, -0.2) is 8.42 Å². The molecule has 0 unspecified atom stereocenters. The number of ketones is 2. The molecule has 2 bridgehead atoms. The molecule has 0 saturated heterocycles. The average molecular weight is 552 g/mol. The lowest BCUT2D eigenvalue weighted by Gasteiger charge is -2.25. The van der Waals surface area contributed by atoms with Gasteiger partial charge in [0.2, 0.25) is 5.78 Å². The summed E-state index contributed by atoms with van der Waals surface area (Å²) in [6, 6.07) is 6.62. The molecule has 36 heavy (non-hydrogen) atoms. The lowest BCUT2D eigenvalue weighted by Crippen LogP contribution is -2.37. The SMILES string of the molecule is CCCCOC(=O)CN(c1cc2c3c(NC)c(n(C)c3c1)C(=O)C2=O)S(=O)(=O)c1cc(Cl)cc(Cl)c1. The van der Waals surface area contributed by atoms with E-state index in [0.717, 1.165) is 10.7 Å². The second kappa shape index (κ2) is 9.76. The van der Waals surface area contributed by atoms with Crippen LogP contribution in [0.25, 0.3) is 10.9 Å². The number of rotatable bonds is 9. The minimum atomic E-state index is -4.40. The van der Waals surface area contributed by atoms with Crippen molar-refractivity contribution in [3.63, 3.8) is 0 Å². The molecule has 0 radical (unpaired) electrons. The lowest BCUT2D eigenvalue weighted by molar-refractivity contribution is -0.141. The highest BCUT2D eigenvalue weighted by Crippen LogP contribution is 2.41. The molecule has 0 atom stereocenters. The number of hydrogen-bond acceptors (Lipinski definition) is 7. The van der Waals surface area contributed by atoms with Crippen molar-refractivity contribution < 1.29 is 27.5 Å². The number of fused-ring (bicyclic) bond motifs is 1. The number of carbonyl (C=O) groups excluding carboxylic acids is 3. The number of hydrogen-bond donors (Lipinski definition) is 1. The number of anilines is 2. The highest BCUT2D eigenvalue weighted by Gasteiger charge is 2.37. The molecule has 1 N–H and O–H groups in total. The van der Waals surface area contributed by atoms with Crippen LogP contribution in [0.4, 0.5) is 11.4 Å². The van der Waals surface area contributed by atoms with E-state index in [4.69, 9.17) is 27.9 Å². The van der Waals surface area contributed by atoms with Crippen LogP contribution in [-0.2, 0) is 26.6 Å². The highest BCUT2D eigenvalue weighted by molar-refractivity contribution is 7.92. The molecule has 1 heterocycles. The van der Waals surface area contributed by atoms with Crippen LogP contribution in [0.2, 0.25) is 10.0 Å². The van der Waals surface area contributed by atoms with E-state index in [1.54, 1.807) is 14.1 Å². The van der Waals surface area contributed by atoms with E-state index in [2.05, 4.69) is 5.32 Å². The molecule has 9 nitrogen and oxygen atoms in total. The van der Waals surface area contributed by atoms with Crippen molar-refractivity contribution in [2.75, 3.05) is 29.8 Å². The number of halogens is 2. The molecular weight excluding hydrogens is 529 g/mol. The number of ether oxygens (including phenoxy) is 1. The number of esters is 1. The Hall–Kier alpha value is -3.08.